The van der Waals surface area contributed by atoms with Crippen molar-refractivity contribution in [3.63, 3.8) is 0 Å². The largest absolute Gasteiger partial charge is 0.179 e. The van der Waals surface area contributed by atoms with Crippen LogP contribution < -0.4 is 0 Å². The Morgan fingerprint density at radius 2 is 1.89 bits per heavy atom. The highest BCUT2D eigenvalue weighted by atomic mass is 32.1. The van der Waals surface area contributed by atoms with Crippen LogP contribution in [0.5, 0.6) is 0 Å². The molecule has 0 spiro atoms. The molecular weight excluding hydrogens is 236 g/mol. The highest BCUT2D eigenvalue weighted by Crippen LogP contribution is 2.78. The topological polar surface area (TPSA) is 0 Å². The van der Waals surface area contributed by atoms with E-state index in [9.17, 15) is 0 Å². The fourth-order valence-corrected chi connectivity index (χ4v) is 8.64. The minimum absolute atomic E-state index is 0.790. The number of fused-ring (bicyclic) bond motifs is 12. The minimum atomic E-state index is 0.790. The van der Waals surface area contributed by atoms with Gasteiger partial charge >= 0.3 is 0 Å². The summed E-state index contributed by atoms with van der Waals surface area (Å²) in [6.45, 7) is 0. The second-order valence-electron chi connectivity index (χ2n) is 8.21. The van der Waals surface area contributed by atoms with Crippen LogP contribution in [0.3, 0.4) is 0 Å². The first kappa shape index (κ1) is 11.1. The lowest BCUT2D eigenvalue weighted by atomic mass is 9.57. The maximum absolute atomic E-state index is 4.65. The van der Waals surface area contributed by atoms with Crippen molar-refractivity contribution in [1.29, 1.82) is 0 Å². The molecule has 0 heterocycles. The third-order valence-corrected chi connectivity index (χ3v) is 8.41. The summed E-state index contributed by atoms with van der Waals surface area (Å²) < 4.78 is 0. The smallest absolute Gasteiger partial charge is 0.00924 e. The average molecular weight is 262 g/mol. The van der Waals surface area contributed by atoms with Crippen molar-refractivity contribution in [1.82, 2.24) is 0 Å². The predicted octanol–water partition coefficient (Wildman–Crippen LogP) is 4.40. The Kier molecular flexibility index (Phi) is 2.16. The van der Waals surface area contributed by atoms with E-state index in [2.05, 4.69) is 12.6 Å². The molecule has 100 valence electrons. The molecule has 5 aliphatic carbocycles. The van der Waals surface area contributed by atoms with Crippen LogP contribution in [0.2, 0.25) is 0 Å². The Hall–Kier alpha value is 0.350. The number of hydrogen-bond acceptors (Lipinski definition) is 1. The third kappa shape index (κ3) is 1.06. The van der Waals surface area contributed by atoms with E-state index in [1.807, 2.05) is 0 Å². The van der Waals surface area contributed by atoms with Gasteiger partial charge in [-0.1, -0.05) is 6.42 Å². The van der Waals surface area contributed by atoms with E-state index in [1.54, 1.807) is 44.9 Å². The lowest BCUT2D eigenvalue weighted by Crippen LogP contribution is -2.43. The van der Waals surface area contributed by atoms with E-state index in [0.29, 0.717) is 0 Å². The molecular formula is C17H26S. The molecule has 5 aliphatic rings. The van der Waals surface area contributed by atoms with Gasteiger partial charge in [0.1, 0.15) is 0 Å². The first-order valence-electron chi connectivity index (χ1n) is 8.46. The molecule has 18 heavy (non-hydrogen) atoms. The van der Waals surface area contributed by atoms with E-state index >= 15 is 0 Å². The van der Waals surface area contributed by atoms with Crippen molar-refractivity contribution in [3.05, 3.63) is 0 Å². The second kappa shape index (κ2) is 3.51. The molecule has 0 radical (unpaired) electrons. The van der Waals surface area contributed by atoms with Crippen LogP contribution in [0.1, 0.15) is 51.4 Å². The quantitative estimate of drug-likeness (QED) is 0.553. The van der Waals surface area contributed by atoms with Crippen LogP contribution in [-0.4, -0.2) is 5.75 Å². The Morgan fingerprint density at radius 1 is 1.00 bits per heavy atom. The summed E-state index contributed by atoms with van der Waals surface area (Å²) in [5.41, 5.74) is 0.790. The highest BCUT2D eigenvalue weighted by molar-refractivity contribution is 7.80. The highest BCUT2D eigenvalue weighted by Gasteiger charge is 2.71. The number of hydrogen-bond donors (Lipinski definition) is 1. The zero-order valence-electron chi connectivity index (χ0n) is 11.4. The Bertz CT molecular complexity index is 378. The molecule has 0 nitrogen and oxygen atoms in total. The van der Waals surface area contributed by atoms with Crippen molar-refractivity contribution in [2.75, 3.05) is 5.75 Å². The Balaban J connectivity index is 1.61. The van der Waals surface area contributed by atoms with Gasteiger partial charge < -0.3 is 0 Å². The molecule has 0 N–H and O–H groups in total. The van der Waals surface area contributed by atoms with Gasteiger partial charge in [-0.05, 0) is 97.5 Å². The van der Waals surface area contributed by atoms with Gasteiger partial charge in [0.15, 0.2) is 0 Å². The zero-order valence-corrected chi connectivity index (χ0v) is 12.2. The van der Waals surface area contributed by atoms with Crippen LogP contribution in [0.4, 0.5) is 0 Å². The Morgan fingerprint density at radius 3 is 2.78 bits per heavy atom. The molecule has 0 aliphatic heterocycles. The average Bonchev–Trinajstić information content (AvgIpc) is 3.13. The SMILES string of the molecule is SCCC12CC(C3CCCC31)C1C3CCC(C3)C12. The van der Waals surface area contributed by atoms with Gasteiger partial charge in [0, 0.05) is 0 Å². The Labute approximate surface area is 117 Å². The summed E-state index contributed by atoms with van der Waals surface area (Å²) >= 11 is 4.65. The fourth-order valence-electron chi connectivity index (χ4n) is 8.23. The first-order valence-corrected chi connectivity index (χ1v) is 9.09. The van der Waals surface area contributed by atoms with Crippen LogP contribution in [0.25, 0.3) is 0 Å². The molecule has 1 heteroatoms. The molecule has 0 saturated heterocycles. The van der Waals surface area contributed by atoms with E-state index in [-0.39, 0.29) is 0 Å². The van der Waals surface area contributed by atoms with Crippen LogP contribution in [0.15, 0.2) is 0 Å². The van der Waals surface area contributed by atoms with Crippen LogP contribution >= 0.6 is 12.6 Å². The normalized spacial score (nSPS) is 63.5. The molecule has 8 unspecified atom stereocenters. The zero-order chi connectivity index (χ0) is 11.9. The predicted molar refractivity (Wildman–Crippen MR) is 77.7 cm³/mol. The van der Waals surface area contributed by atoms with E-state index < -0.39 is 0 Å². The molecule has 0 aromatic carbocycles. The van der Waals surface area contributed by atoms with Crippen molar-refractivity contribution in [2.45, 2.75) is 51.4 Å². The summed E-state index contributed by atoms with van der Waals surface area (Å²) in [5, 5.41) is 0. The van der Waals surface area contributed by atoms with E-state index in [1.165, 1.54) is 12.3 Å². The van der Waals surface area contributed by atoms with Gasteiger partial charge in [0.05, 0.1) is 0 Å². The summed E-state index contributed by atoms with van der Waals surface area (Å²) in [6.07, 6.45) is 12.6. The molecule has 5 saturated carbocycles. The van der Waals surface area contributed by atoms with Gasteiger partial charge in [0.2, 0.25) is 0 Å². The van der Waals surface area contributed by atoms with E-state index in [4.69, 9.17) is 0 Å². The standard InChI is InChI=1S/C17H26S/c18-7-6-17-9-13(12-2-1-3-14(12)17)15-10-4-5-11(8-10)16(15)17/h10-16,18H,1-9H2. The number of thiol groups is 1. The van der Waals surface area contributed by atoms with Gasteiger partial charge in [0.25, 0.3) is 0 Å². The molecule has 4 bridgehead atoms. The van der Waals surface area contributed by atoms with Gasteiger partial charge in [-0.2, -0.15) is 12.6 Å². The second-order valence-corrected chi connectivity index (χ2v) is 8.66. The van der Waals surface area contributed by atoms with Crippen molar-refractivity contribution >= 4 is 12.6 Å². The van der Waals surface area contributed by atoms with Crippen LogP contribution in [0, 0.1) is 46.8 Å². The lowest BCUT2D eigenvalue weighted by molar-refractivity contribution is 0.000216. The summed E-state index contributed by atoms with van der Waals surface area (Å²) in [5.74, 6) is 9.25. The molecule has 0 amide bonds. The first-order chi connectivity index (χ1) is 8.85. The third-order valence-electron chi connectivity index (χ3n) is 8.19. The molecule has 8 atom stereocenters. The minimum Gasteiger partial charge on any atom is -0.179 e. The van der Waals surface area contributed by atoms with Gasteiger partial charge in [-0.3, -0.25) is 0 Å². The monoisotopic (exact) mass is 262 g/mol. The molecule has 0 aromatic heterocycles. The fraction of sp³-hybridized carbons (Fsp3) is 1.00. The van der Waals surface area contributed by atoms with E-state index in [0.717, 1.165) is 46.7 Å². The van der Waals surface area contributed by atoms with Crippen molar-refractivity contribution in [2.24, 2.45) is 46.8 Å². The lowest BCUT2D eigenvalue weighted by Gasteiger charge is -2.48. The molecule has 5 fully saturated rings. The summed E-state index contributed by atoms with van der Waals surface area (Å²) in [4.78, 5) is 0. The molecule has 0 aromatic rings. The van der Waals surface area contributed by atoms with Gasteiger partial charge in [-0.25, -0.2) is 0 Å². The van der Waals surface area contributed by atoms with Crippen molar-refractivity contribution < 1.29 is 0 Å². The van der Waals surface area contributed by atoms with Gasteiger partial charge in [-0.15, -0.1) is 0 Å². The van der Waals surface area contributed by atoms with Crippen LogP contribution in [-0.2, 0) is 0 Å². The summed E-state index contributed by atoms with van der Waals surface area (Å²) in [6, 6.07) is 0. The summed E-state index contributed by atoms with van der Waals surface area (Å²) in [7, 11) is 0. The molecule has 5 rings (SSSR count). The maximum atomic E-state index is 4.65. The number of rotatable bonds is 2. The van der Waals surface area contributed by atoms with Crippen molar-refractivity contribution in [3.8, 4) is 0 Å². The maximum Gasteiger partial charge on any atom is -0.00924 e.